The second-order valence-electron chi connectivity index (χ2n) is 6.66. The highest BCUT2D eigenvalue weighted by Gasteiger charge is 2.16. The summed E-state index contributed by atoms with van der Waals surface area (Å²) in [6.07, 6.45) is 9.01. The Balaban J connectivity index is 2.82. The fourth-order valence-corrected chi connectivity index (χ4v) is 3.81. The zero-order valence-corrected chi connectivity index (χ0v) is 15.3. The molecular formula is C22H32O. The van der Waals surface area contributed by atoms with Crippen molar-refractivity contribution in [1.29, 1.82) is 0 Å². The Kier molecular flexibility index (Phi) is 6.50. The third-order valence-electron chi connectivity index (χ3n) is 4.72. The lowest BCUT2D eigenvalue weighted by Gasteiger charge is -2.19. The Hall–Kier alpha value is -1.50. The third kappa shape index (κ3) is 3.71. The monoisotopic (exact) mass is 312 g/mol. The number of hydrogen-bond donors (Lipinski definition) is 1. The van der Waals surface area contributed by atoms with Crippen LogP contribution in [0.1, 0.15) is 75.6 Å². The molecule has 0 radical (unpaired) electrons. The molecule has 1 N–H and O–H groups in total. The molecule has 0 bridgehead atoms. The van der Waals surface area contributed by atoms with Crippen LogP contribution in [0.15, 0.2) is 18.2 Å². The van der Waals surface area contributed by atoms with Crippen LogP contribution in [0, 0.1) is 0 Å². The molecule has 0 saturated heterocycles. The molecule has 0 aliphatic carbocycles. The summed E-state index contributed by atoms with van der Waals surface area (Å²) in [7, 11) is 0. The zero-order valence-electron chi connectivity index (χ0n) is 15.3. The van der Waals surface area contributed by atoms with Crippen molar-refractivity contribution in [2.75, 3.05) is 0 Å². The molecule has 0 fully saturated rings. The summed E-state index contributed by atoms with van der Waals surface area (Å²) in [5, 5.41) is 13.0. The molecule has 0 spiro atoms. The van der Waals surface area contributed by atoms with Crippen LogP contribution in [0.4, 0.5) is 0 Å². The minimum Gasteiger partial charge on any atom is -0.507 e. The van der Waals surface area contributed by atoms with Crippen LogP contribution in [0.5, 0.6) is 5.75 Å². The molecule has 0 atom stereocenters. The van der Waals surface area contributed by atoms with Crippen LogP contribution in [-0.4, -0.2) is 5.11 Å². The van der Waals surface area contributed by atoms with Gasteiger partial charge < -0.3 is 5.11 Å². The van der Waals surface area contributed by atoms with Gasteiger partial charge in [-0.3, -0.25) is 0 Å². The molecule has 126 valence electrons. The number of phenols is 1. The van der Waals surface area contributed by atoms with E-state index in [0.29, 0.717) is 5.75 Å². The second kappa shape index (κ2) is 8.38. The Morgan fingerprint density at radius 2 is 1.22 bits per heavy atom. The first-order chi connectivity index (χ1) is 11.2. The van der Waals surface area contributed by atoms with Crippen molar-refractivity contribution in [2.45, 2.75) is 79.1 Å². The van der Waals surface area contributed by atoms with Gasteiger partial charge >= 0.3 is 0 Å². The first-order valence-electron chi connectivity index (χ1n) is 9.45. The van der Waals surface area contributed by atoms with Crippen LogP contribution < -0.4 is 0 Å². The van der Waals surface area contributed by atoms with E-state index in [1.54, 1.807) is 0 Å². The van der Waals surface area contributed by atoms with Gasteiger partial charge in [-0.25, -0.2) is 0 Å². The lowest BCUT2D eigenvalue weighted by molar-refractivity contribution is 0.480. The van der Waals surface area contributed by atoms with Gasteiger partial charge in [0.1, 0.15) is 5.75 Å². The number of rotatable bonds is 8. The smallest absolute Gasteiger partial charge is 0.123 e. The molecule has 1 nitrogen and oxygen atoms in total. The van der Waals surface area contributed by atoms with Gasteiger partial charge in [-0.1, -0.05) is 65.5 Å². The summed E-state index contributed by atoms with van der Waals surface area (Å²) in [5.74, 6) is 0.462. The maximum Gasteiger partial charge on any atom is 0.123 e. The molecule has 0 aromatic heterocycles. The molecule has 2 aromatic rings. The number of benzene rings is 2. The minimum absolute atomic E-state index is 0.462. The van der Waals surface area contributed by atoms with Gasteiger partial charge in [-0.2, -0.15) is 0 Å². The SMILES string of the molecule is CCCc1ccc2c(O)cc(CCC)c(CCC)c2c1CCC. The van der Waals surface area contributed by atoms with Gasteiger partial charge in [-0.15, -0.1) is 0 Å². The first-order valence-corrected chi connectivity index (χ1v) is 9.45. The fourth-order valence-electron chi connectivity index (χ4n) is 3.81. The van der Waals surface area contributed by atoms with Crippen molar-refractivity contribution >= 4 is 10.8 Å². The molecule has 0 aliphatic heterocycles. The van der Waals surface area contributed by atoms with E-state index in [-0.39, 0.29) is 0 Å². The van der Waals surface area contributed by atoms with Gasteiger partial charge in [0.05, 0.1) is 0 Å². The molecule has 23 heavy (non-hydrogen) atoms. The third-order valence-corrected chi connectivity index (χ3v) is 4.72. The van der Waals surface area contributed by atoms with Crippen molar-refractivity contribution in [3.8, 4) is 5.75 Å². The maximum atomic E-state index is 10.6. The van der Waals surface area contributed by atoms with Gasteiger partial charge in [0.2, 0.25) is 0 Å². The summed E-state index contributed by atoms with van der Waals surface area (Å²) in [6, 6.07) is 6.40. The molecule has 2 rings (SSSR count). The van der Waals surface area contributed by atoms with Gasteiger partial charge in [0.25, 0.3) is 0 Å². The average molecular weight is 312 g/mol. The lowest BCUT2D eigenvalue weighted by Crippen LogP contribution is -2.02. The highest BCUT2D eigenvalue weighted by molar-refractivity contribution is 5.95. The van der Waals surface area contributed by atoms with Gasteiger partial charge in [0, 0.05) is 5.39 Å². The average Bonchev–Trinajstić information content (AvgIpc) is 2.53. The topological polar surface area (TPSA) is 20.2 Å². The highest BCUT2D eigenvalue weighted by Crippen LogP contribution is 2.37. The summed E-state index contributed by atoms with van der Waals surface area (Å²) in [6.45, 7) is 8.98. The summed E-state index contributed by atoms with van der Waals surface area (Å²) in [4.78, 5) is 0. The van der Waals surface area contributed by atoms with E-state index >= 15 is 0 Å². The van der Waals surface area contributed by atoms with Crippen molar-refractivity contribution < 1.29 is 5.11 Å². The molecule has 0 unspecified atom stereocenters. The lowest BCUT2D eigenvalue weighted by atomic mass is 9.86. The second-order valence-corrected chi connectivity index (χ2v) is 6.66. The standard InChI is InChI=1S/C22H32O/c1-5-9-16-13-14-20-21(23)15-17(10-6-2)19(12-8-4)22(20)18(16)11-7-3/h13-15,23H,5-12H2,1-4H3. The molecule has 0 amide bonds. The van der Waals surface area contributed by atoms with Crippen LogP contribution in [0.2, 0.25) is 0 Å². The zero-order chi connectivity index (χ0) is 16.8. The Labute approximate surface area is 141 Å². The van der Waals surface area contributed by atoms with Gasteiger partial charge in [-0.05, 0) is 59.4 Å². The van der Waals surface area contributed by atoms with Crippen LogP contribution in [0.25, 0.3) is 10.8 Å². The van der Waals surface area contributed by atoms with E-state index in [1.165, 1.54) is 34.1 Å². The van der Waals surface area contributed by atoms with E-state index in [1.807, 2.05) is 6.07 Å². The molecule has 0 heterocycles. The predicted molar refractivity (Wildman–Crippen MR) is 102 cm³/mol. The molecular weight excluding hydrogens is 280 g/mol. The van der Waals surface area contributed by atoms with Crippen LogP contribution in [-0.2, 0) is 25.7 Å². The van der Waals surface area contributed by atoms with Crippen molar-refractivity contribution in [3.63, 3.8) is 0 Å². The van der Waals surface area contributed by atoms with E-state index in [9.17, 15) is 5.11 Å². The minimum atomic E-state index is 0.462. The number of aryl methyl sites for hydroxylation is 4. The fraction of sp³-hybridized carbons (Fsp3) is 0.545. The number of phenolic OH excluding ortho intramolecular Hbond substituents is 1. The maximum absolute atomic E-state index is 10.6. The van der Waals surface area contributed by atoms with Crippen molar-refractivity contribution in [1.82, 2.24) is 0 Å². The largest absolute Gasteiger partial charge is 0.507 e. The Morgan fingerprint density at radius 3 is 1.78 bits per heavy atom. The van der Waals surface area contributed by atoms with Crippen LogP contribution in [0.3, 0.4) is 0 Å². The predicted octanol–water partition coefficient (Wildman–Crippen LogP) is 6.36. The van der Waals surface area contributed by atoms with Gasteiger partial charge in [0.15, 0.2) is 0 Å². The number of fused-ring (bicyclic) bond motifs is 1. The van der Waals surface area contributed by atoms with E-state index in [2.05, 4.69) is 39.8 Å². The first kappa shape index (κ1) is 17.8. The highest BCUT2D eigenvalue weighted by atomic mass is 16.3. The summed E-state index contributed by atoms with van der Waals surface area (Å²) < 4.78 is 0. The molecule has 0 saturated carbocycles. The molecule has 0 aliphatic rings. The van der Waals surface area contributed by atoms with Crippen molar-refractivity contribution in [2.24, 2.45) is 0 Å². The number of aromatic hydroxyl groups is 1. The number of hydrogen-bond acceptors (Lipinski definition) is 1. The van der Waals surface area contributed by atoms with E-state index < -0.39 is 0 Å². The Bertz CT molecular complexity index is 643. The quantitative estimate of drug-likeness (QED) is 0.601. The van der Waals surface area contributed by atoms with E-state index in [0.717, 1.165) is 50.3 Å². The molecule has 2 aromatic carbocycles. The van der Waals surface area contributed by atoms with Crippen LogP contribution >= 0.6 is 0 Å². The summed E-state index contributed by atoms with van der Waals surface area (Å²) >= 11 is 0. The normalized spacial score (nSPS) is 11.3. The Morgan fingerprint density at radius 1 is 0.696 bits per heavy atom. The van der Waals surface area contributed by atoms with E-state index in [4.69, 9.17) is 0 Å². The molecule has 1 heteroatoms. The summed E-state index contributed by atoms with van der Waals surface area (Å²) in [5.41, 5.74) is 5.81. The van der Waals surface area contributed by atoms with Crippen molar-refractivity contribution in [3.05, 3.63) is 40.5 Å².